The van der Waals surface area contributed by atoms with Crippen molar-refractivity contribution >= 4 is 17.5 Å². The number of carbonyl (C=O) groups excluding carboxylic acids is 1. The maximum atomic E-state index is 11.7. The number of amides is 1. The molecule has 0 aliphatic carbocycles. The second-order valence-corrected chi connectivity index (χ2v) is 4.29. The SMILES string of the molecule is O=C(C1CCCO1)N1CCC(Cl)C1. The van der Waals surface area contributed by atoms with Gasteiger partial charge in [-0.2, -0.15) is 0 Å². The molecule has 2 saturated heterocycles. The zero-order valence-electron chi connectivity index (χ0n) is 7.54. The molecule has 0 spiro atoms. The smallest absolute Gasteiger partial charge is 0.251 e. The van der Waals surface area contributed by atoms with Gasteiger partial charge in [-0.3, -0.25) is 4.79 Å². The van der Waals surface area contributed by atoms with E-state index in [9.17, 15) is 4.79 Å². The summed E-state index contributed by atoms with van der Waals surface area (Å²) in [6.45, 7) is 2.22. The van der Waals surface area contributed by atoms with Gasteiger partial charge in [0.1, 0.15) is 6.10 Å². The number of ether oxygens (including phenoxy) is 1. The van der Waals surface area contributed by atoms with Crippen LogP contribution in [0, 0.1) is 0 Å². The van der Waals surface area contributed by atoms with Crippen molar-refractivity contribution in [1.29, 1.82) is 0 Å². The molecule has 0 radical (unpaired) electrons. The molecule has 0 bridgehead atoms. The number of likely N-dealkylation sites (tertiary alicyclic amines) is 1. The summed E-state index contributed by atoms with van der Waals surface area (Å²) in [4.78, 5) is 13.6. The van der Waals surface area contributed by atoms with Gasteiger partial charge < -0.3 is 9.64 Å². The van der Waals surface area contributed by atoms with Gasteiger partial charge in [-0.25, -0.2) is 0 Å². The number of hydrogen-bond donors (Lipinski definition) is 0. The molecule has 2 atom stereocenters. The van der Waals surface area contributed by atoms with E-state index in [4.69, 9.17) is 16.3 Å². The molecule has 0 aromatic carbocycles. The lowest BCUT2D eigenvalue weighted by atomic mass is 10.2. The number of nitrogens with zero attached hydrogens (tertiary/aromatic N) is 1. The van der Waals surface area contributed by atoms with Crippen LogP contribution in [0.5, 0.6) is 0 Å². The normalized spacial score (nSPS) is 34.1. The lowest BCUT2D eigenvalue weighted by Gasteiger charge is -2.19. The Kier molecular flexibility index (Phi) is 2.74. The molecule has 2 aliphatic heterocycles. The highest BCUT2D eigenvalue weighted by molar-refractivity contribution is 6.21. The van der Waals surface area contributed by atoms with E-state index in [1.165, 1.54) is 0 Å². The molecule has 0 aromatic rings. The van der Waals surface area contributed by atoms with Crippen LogP contribution < -0.4 is 0 Å². The molecule has 2 aliphatic rings. The lowest BCUT2D eigenvalue weighted by molar-refractivity contribution is -0.139. The Morgan fingerprint density at radius 3 is 2.85 bits per heavy atom. The van der Waals surface area contributed by atoms with E-state index in [-0.39, 0.29) is 17.4 Å². The third-order valence-corrected chi connectivity index (χ3v) is 3.00. The Hall–Kier alpha value is -0.280. The molecule has 13 heavy (non-hydrogen) atoms. The Morgan fingerprint density at radius 2 is 2.31 bits per heavy atom. The summed E-state index contributed by atoms with van der Waals surface area (Å²) < 4.78 is 5.33. The van der Waals surface area contributed by atoms with Crippen molar-refractivity contribution < 1.29 is 9.53 Å². The zero-order chi connectivity index (χ0) is 9.26. The summed E-state index contributed by atoms with van der Waals surface area (Å²) in [7, 11) is 0. The highest BCUT2D eigenvalue weighted by atomic mass is 35.5. The van der Waals surface area contributed by atoms with E-state index >= 15 is 0 Å². The monoisotopic (exact) mass is 203 g/mol. The third kappa shape index (κ3) is 1.97. The maximum absolute atomic E-state index is 11.7. The van der Waals surface area contributed by atoms with Crippen molar-refractivity contribution in [3.63, 3.8) is 0 Å². The van der Waals surface area contributed by atoms with E-state index in [0.717, 1.165) is 32.4 Å². The summed E-state index contributed by atoms with van der Waals surface area (Å²) in [5.74, 6) is 0.139. The van der Waals surface area contributed by atoms with Crippen molar-refractivity contribution in [2.75, 3.05) is 19.7 Å². The van der Waals surface area contributed by atoms with Crippen LogP contribution in [0.1, 0.15) is 19.3 Å². The number of hydrogen-bond acceptors (Lipinski definition) is 2. The third-order valence-electron chi connectivity index (χ3n) is 2.65. The van der Waals surface area contributed by atoms with E-state index < -0.39 is 0 Å². The highest BCUT2D eigenvalue weighted by Crippen LogP contribution is 2.20. The molecule has 1 amide bonds. The number of rotatable bonds is 1. The molecular formula is C9H14ClNO2. The minimum atomic E-state index is -0.179. The van der Waals surface area contributed by atoms with Gasteiger partial charge in [0.15, 0.2) is 0 Å². The van der Waals surface area contributed by atoms with Crippen LogP contribution in [0.2, 0.25) is 0 Å². The molecule has 0 saturated carbocycles. The molecule has 2 unspecified atom stereocenters. The van der Waals surface area contributed by atoms with Gasteiger partial charge in [0.25, 0.3) is 5.91 Å². The topological polar surface area (TPSA) is 29.5 Å². The minimum absolute atomic E-state index is 0.139. The number of halogens is 1. The summed E-state index contributed by atoms with van der Waals surface area (Å²) in [6, 6.07) is 0. The average molecular weight is 204 g/mol. The van der Waals surface area contributed by atoms with Crippen molar-refractivity contribution in [2.45, 2.75) is 30.7 Å². The summed E-state index contributed by atoms with van der Waals surface area (Å²) in [6.07, 6.45) is 2.62. The van der Waals surface area contributed by atoms with Crippen molar-refractivity contribution in [1.82, 2.24) is 4.90 Å². The van der Waals surface area contributed by atoms with Gasteiger partial charge in [0.05, 0.1) is 5.38 Å². The van der Waals surface area contributed by atoms with E-state index in [2.05, 4.69) is 0 Å². The highest BCUT2D eigenvalue weighted by Gasteiger charge is 2.32. The molecule has 2 fully saturated rings. The molecule has 74 valence electrons. The standard InChI is InChI=1S/C9H14ClNO2/c10-7-3-4-11(6-7)9(12)8-2-1-5-13-8/h7-8H,1-6H2. The number of alkyl halides is 1. The van der Waals surface area contributed by atoms with Crippen LogP contribution in [0.15, 0.2) is 0 Å². The van der Waals surface area contributed by atoms with Crippen LogP contribution >= 0.6 is 11.6 Å². The average Bonchev–Trinajstić information content (AvgIpc) is 2.72. The Bertz CT molecular complexity index is 204. The fourth-order valence-electron chi connectivity index (χ4n) is 1.89. The van der Waals surface area contributed by atoms with Crippen LogP contribution in [0.3, 0.4) is 0 Å². The van der Waals surface area contributed by atoms with Gasteiger partial charge in [0, 0.05) is 19.7 Å². The van der Waals surface area contributed by atoms with Gasteiger partial charge in [-0.1, -0.05) is 0 Å². The molecular weight excluding hydrogens is 190 g/mol. The van der Waals surface area contributed by atoms with Crippen LogP contribution in [-0.4, -0.2) is 42.0 Å². The molecule has 2 rings (SSSR count). The first-order valence-electron chi connectivity index (χ1n) is 4.82. The Balaban J connectivity index is 1.89. The minimum Gasteiger partial charge on any atom is -0.368 e. The van der Waals surface area contributed by atoms with Crippen LogP contribution in [0.25, 0.3) is 0 Å². The summed E-state index contributed by atoms with van der Waals surface area (Å²) >= 11 is 5.92. The second kappa shape index (κ2) is 3.84. The Labute approximate surface area is 83.0 Å². The molecule has 0 aromatic heterocycles. The quantitative estimate of drug-likeness (QED) is 0.596. The van der Waals surface area contributed by atoms with Gasteiger partial charge in [-0.05, 0) is 19.3 Å². The summed E-state index contributed by atoms with van der Waals surface area (Å²) in [5.41, 5.74) is 0. The first-order chi connectivity index (χ1) is 6.27. The van der Waals surface area contributed by atoms with Crippen LogP contribution in [-0.2, 0) is 9.53 Å². The van der Waals surface area contributed by atoms with Crippen molar-refractivity contribution in [3.8, 4) is 0 Å². The van der Waals surface area contributed by atoms with E-state index in [0.29, 0.717) is 6.54 Å². The molecule has 3 nitrogen and oxygen atoms in total. The lowest BCUT2D eigenvalue weighted by Crippen LogP contribution is -2.37. The fraction of sp³-hybridized carbons (Fsp3) is 0.889. The molecule has 0 N–H and O–H groups in total. The maximum Gasteiger partial charge on any atom is 0.251 e. The molecule has 2 heterocycles. The zero-order valence-corrected chi connectivity index (χ0v) is 8.29. The van der Waals surface area contributed by atoms with Gasteiger partial charge in [-0.15, -0.1) is 11.6 Å². The van der Waals surface area contributed by atoms with Crippen LogP contribution in [0.4, 0.5) is 0 Å². The van der Waals surface area contributed by atoms with E-state index in [1.54, 1.807) is 0 Å². The Morgan fingerprint density at radius 1 is 1.46 bits per heavy atom. The molecule has 4 heteroatoms. The number of carbonyl (C=O) groups is 1. The predicted octanol–water partition coefficient (Wildman–Crippen LogP) is 1.01. The predicted molar refractivity (Wildman–Crippen MR) is 49.8 cm³/mol. The van der Waals surface area contributed by atoms with Gasteiger partial charge >= 0.3 is 0 Å². The largest absolute Gasteiger partial charge is 0.368 e. The fourth-order valence-corrected chi connectivity index (χ4v) is 2.16. The van der Waals surface area contributed by atoms with E-state index in [1.807, 2.05) is 4.90 Å². The first kappa shape index (κ1) is 9.28. The van der Waals surface area contributed by atoms with Crippen molar-refractivity contribution in [2.24, 2.45) is 0 Å². The first-order valence-corrected chi connectivity index (χ1v) is 5.25. The summed E-state index contributed by atoms with van der Waals surface area (Å²) in [5, 5.41) is 0.144. The van der Waals surface area contributed by atoms with Crippen molar-refractivity contribution in [3.05, 3.63) is 0 Å². The van der Waals surface area contributed by atoms with Gasteiger partial charge in [0.2, 0.25) is 0 Å². The second-order valence-electron chi connectivity index (χ2n) is 3.67.